The van der Waals surface area contributed by atoms with Crippen molar-refractivity contribution in [3.8, 4) is 0 Å². The fourth-order valence-corrected chi connectivity index (χ4v) is 4.65. The van der Waals surface area contributed by atoms with Crippen LogP contribution in [0, 0.1) is 5.92 Å². The molecule has 4 nitrogen and oxygen atoms in total. The van der Waals surface area contributed by atoms with Gasteiger partial charge in [0.1, 0.15) is 5.25 Å². The lowest BCUT2D eigenvalue weighted by Gasteiger charge is -2.30. The van der Waals surface area contributed by atoms with Crippen LogP contribution in [0.25, 0.3) is 0 Å². The highest BCUT2D eigenvalue weighted by molar-refractivity contribution is 7.92. The van der Waals surface area contributed by atoms with E-state index in [0.29, 0.717) is 11.8 Å². The normalized spacial score (nSPS) is 22.6. The van der Waals surface area contributed by atoms with Crippen molar-refractivity contribution >= 4 is 15.7 Å². The molecule has 1 saturated carbocycles. The van der Waals surface area contributed by atoms with E-state index in [9.17, 15) is 13.2 Å². The maximum Gasteiger partial charge on any atom is 0.238 e. The van der Waals surface area contributed by atoms with Crippen molar-refractivity contribution in [2.24, 2.45) is 5.92 Å². The molecule has 1 aromatic carbocycles. The Morgan fingerprint density at radius 1 is 1.12 bits per heavy atom. The number of nitrogens with one attached hydrogen (secondary N) is 1. The van der Waals surface area contributed by atoms with Gasteiger partial charge >= 0.3 is 0 Å². The van der Waals surface area contributed by atoms with Crippen molar-refractivity contribution in [3.63, 3.8) is 0 Å². The molecule has 2 rings (SSSR count). The van der Waals surface area contributed by atoms with Gasteiger partial charge in [-0.3, -0.25) is 4.79 Å². The molecular weight excluding hydrogens is 334 g/mol. The van der Waals surface area contributed by atoms with Crippen LogP contribution in [0.15, 0.2) is 24.3 Å². The van der Waals surface area contributed by atoms with E-state index >= 15 is 0 Å². The third-order valence-corrected chi connectivity index (χ3v) is 7.39. The summed E-state index contributed by atoms with van der Waals surface area (Å²) in [5.41, 5.74) is 1.91. The Morgan fingerprint density at radius 3 is 2.28 bits per heavy atom. The second kappa shape index (κ2) is 8.35. The van der Waals surface area contributed by atoms with Gasteiger partial charge in [0.25, 0.3) is 0 Å². The van der Waals surface area contributed by atoms with E-state index in [-0.39, 0.29) is 17.7 Å². The van der Waals surface area contributed by atoms with E-state index in [1.54, 1.807) is 0 Å². The van der Waals surface area contributed by atoms with Crippen LogP contribution in [0.5, 0.6) is 0 Å². The lowest BCUT2D eigenvalue weighted by atomic mass is 9.86. The minimum Gasteiger partial charge on any atom is -0.352 e. The molecule has 0 heterocycles. The molecule has 1 aliphatic carbocycles. The van der Waals surface area contributed by atoms with Gasteiger partial charge in [-0.25, -0.2) is 8.42 Å². The van der Waals surface area contributed by atoms with Crippen LogP contribution in [0.1, 0.15) is 70.4 Å². The monoisotopic (exact) mass is 365 g/mol. The molecule has 0 saturated heterocycles. The van der Waals surface area contributed by atoms with Gasteiger partial charge in [-0.05, 0) is 42.7 Å². The van der Waals surface area contributed by atoms with Gasteiger partial charge in [-0.15, -0.1) is 0 Å². The number of amides is 1. The average Bonchev–Trinajstić information content (AvgIpc) is 2.56. The summed E-state index contributed by atoms with van der Waals surface area (Å²) in [6.07, 6.45) is 4.32. The van der Waals surface area contributed by atoms with Gasteiger partial charge in [-0.2, -0.15) is 0 Å². The van der Waals surface area contributed by atoms with Gasteiger partial charge in [0.05, 0.1) is 5.75 Å². The van der Waals surface area contributed by atoms with Crippen LogP contribution in [0.3, 0.4) is 0 Å². The molecule has 140 valence electrons. The molecule has 1 fully saturated rings. The number of hydrogen-bond acceptors (Lipinski definition) is 3. The first-order chi connectivity index (χ1) is 11.7. The number of rotatable bonds is 6. The topological polar surface area (TPSA) is 63.2 Å². The molecular formula is C20H31NO3S. The Balaban J connectivity index is 2.00. The Labute approximate surface area is 152 Å². The number of carbonyl (C=O) groups is 1. The zero-order valence-electron chi connectivity index (χ0n) is 15.8. The van der Waals surface area contributed by atoms with E-state index in [1.807, 2.05) is 24.3 Å². The molecule has 0 aliphatic heterocycles. The van der Waals surface area contributed by atoms with Crippen molar-refractivity contribution in [2.45, 2.75) is 76.3 Å². The van der Waals surface area contributed by atoms with Crippen LogP contribution in [-0.2, 0) is 20.4 Å². The van der Waals surface area contributed by atoms with Gasteiger partial charge in [0.15, 0.2) is 9.84 Å². The highest BCUT2D eigenvalue weighted by Gasteiger charge is 2.31. The quantitative estimate of drug-likeness (QED) is 0.834. The van der Waals surface area contributed by atoms with E-state index in [0.717, 1.165) is 24.8 Å². The van der Waals surface area contributed by atoms with Gasteiger partial charge in [-0.1, -0.05) is 57.9 Å². The third-order valence-electron chi connectivity index (χ3n) is 5.36. The van der Waals surface area contributed by atoms with Crippen LogP contribution >= 0.6 is 0 Å². The maximum atomic E-state index is 12.6. The molecule has 0 spiro atoms. The Morgan fingerprint density at radius 2 is 1.72 bits per heavy atom. The lowest BCUT2D eigenvalue weighted by molar-refractivity contribution is -0.121. The van der Waals surface area contributed by atoms with Crippen molar-refractivity contribution < 1.29 is 13.2 Å². The molecule has 0 radical (unpaired) electrons. The second-order valence-electron chi connectivity index (χ2n) is 7.72. The third kappa shape index (κ3) is 5.30. The van der Waals surface area contributed by atoms with E-state index in [4.69, 9.17) is 0 Å². The van der Waals surface area contributed by atoms with Crippen molar-refractivity contribution in [1.29, 1.82) is 0 Å². The first-order valence-corrected chi connectivity index (χ1v) is 11.0. The van der Waals surface area contributed by atoms with Crippen LogP contribution in [-0.4, -0.2) is 25.6 Å². The first kappa shape index (κ1) is 20.0. The van der Waals surface area contributed by atoms with Crippen molar-refractivity contribution in [2.75, 3.05) is 0 Å². The Hall–Kier alpha value is -1.36. The lowest BCUT2D eigenvalue weighted by Crippen LogP contribution is -2.47. The number of benzene rings is 1. The summed E-state index contributed by atoms with van der Waals surface area (Å²) in [6.45, 7) is 7.83. The summed E-state index contributed by atoms with van der Waals surface area (Å²) in [5, 5.41) is 1.94. The molecule has 0 unspecified atom stereocenters. The summed E-state index contributed by atoms with van der Waals surface area (Å²) in [5.74, 6) is 0.363. The molecule has 0 aromatic heterocycles. The average molecular weight is 366 g/mol. The molecule has 25 heavy (non-hydrogen) atoms. The van der Waals surface area contributed by atoms with Crippen LogP contribution < -0.4 is 5.32 Å². The highest BCUT2D eigenvalue weighted by atomic mass is 32.2. The minimum atomic E-state index is -3.53. The number of carbonyl (C=O) groups excluding carboxylic acids is 1. The SMILES string of the molecule is CC(C)c1ccc(CS(=O)(=O)[C@H](C)C(=O)N[C@@H]2CCCC[C@@H]2C)cc1. The smallest absolute Gasteiger partial charge is 0.238 e. The first-order valence-electron chi connectivity index (χ1n) is 9.31. The van der Waals surface area contributed by atoms with E-state index < -0.39 is 15.1 Å². The standard InChI is InChI=1S/C20H31NO3S/c1-14(2)18-11-9-17(10-12-18)13-25(23,24)16(4)20(22)21-19-8-6-5-7-15(19)3/h9-12,14-16,19H,5-8,13H2,1-4H3,(H,21,22)/t15-,16+,19+/m0/s1. The van der Waals surface area contributed by atoms with E-state index in [1.165, 1.54) is 18.9 Å². The van der Waals surface area contributed by atoms with Gasteiger partial charge in [0.2, 0.25) is 5.91 Å². The fourth-order valence-electron chi connectivity index (χ4n) is 3.35. The summed E-state index contributed by atoms with van der Waals surface area (Å²) < 4.78 is 25.2. The maximum absolute atomic E-state index is 12.6. The highest BCUT2D eigenvalue weighted by Crippen LogP contribution is 2.24. The molecule has 1 N–H and O–H groups in total. The number of sulfone groups is 1. The predicted octanol–water partition coefficient (Wildman–Crippen LogP) is 3.81. The van der Waals surface area contributed by atoms with Gasteiger partial charge in [0, 0.05) is 6.04 Å². The molecule has 0 bridgehead atoms. The summed E-state index contributed by atoms with van der Waals surface area (Å²) >= 11 is 0. The summed E-state index contributed by atoms with van der Waals surface area (Å²) in [7, 11) is -3.53. The Kier molecular flexibility index (Phi) is 6.66. The Bertz CT molecular complexity index is 679. The fraction of sp³-hybridized carbons (Fsp3) is 0.650. The van der Waals surface area contributed by atoms with Crippen molar-refractivity contribution in [3.05, 3.63) is 35.4 Å². The largest absolute Gasteiger partial charge is 0.352 e. The van der Waals surface area contributed by atoms with Gasteiger partial charge < -0.3 is 5.32 Å². The predicted molar refractivity (Wildman–Crippen MR) is 102 cm³/mol. The van der Waals surface area contributed by atoms with Crippen molar-refractivity contribution in [1.82, 2.24) is 5.32 Å². The zero-order chi connectivity index (χ0) is 18.6. The van der Waals surface area contributed by atoms with Crippen LogP contribution in [0.2, 0.25) is 0 Å². The minimum absolute atomic E-state index is 0.0970. The second-order valence-corrected chi connectivity index (χ2v) is 10.0. The summed E-state index contributed by atoms with van der Waals surface area (Å²) in [4.78, 5) is 12.4. The molecule has 1 aromatic rings. The molecule has 5 heteroatoms. The number of hydrogen-bond donors (Lipinski definition) is 1. The summed E-state index contributed by atoms with van der Waals surface area (Å²) in [6, 6.07) is 7.72. The zero-order valence-corrected chi connectivity index (χ0v) is 16.6. The molecule has 1 aliphatic rings. The van der Waals surface area contributed by atoms with Crippen LogP contribution in [0.4, 0.5) is 0 Å². The molecule has 3 atom stereocenters. The molecule has 1 amide bonds. The van der Waals surface area contributed by atoms with E-state index in [2.05, 4.69) is 26.1 Å².